The Morgan fingerprint density at radius 1 is 1.35 bits per heavy atom. The molecule has 1 aromatic rings. The van der Waals surface area contributed by atoms with Crippen LogP contribution >= 0.6 is 11.6 Å². The lowest BCUT2D eigenvalue weighted by Gasteiger charge is -2.08. The Morgan fingerprint density at radius 3 is 2.82 bits per heavy atom. The molecule has 6 heteroatoms. The minimum absolute atomic E-state index is 0.0710. The molecule has 1 aliphatic heterocycles. The number of guanidine groups is 1. The van der Waals surface area contributed by atoms with E-state index < -0.39 is 5.91 Å². The summed E-state index contributed by atoms with van der Waals surface area (Å²) in [7, 11) is 0. The Kier molecular flexibility index (Phi) is 3.30. The van der Waals surface area contributed by atoms with E-state index in [0.717, 1.165) is 5.56 Å². The monoisotopic (exact) mass is 248 g/mol. The maximum absolute atomic E-state index is 11.2. The summed E-state index contributed by atoms with van der Waals surface area (Å²) in [5.74, 6) is -0.222. The molecule has 0 radical (unpaired) electrons. The van der Waals surface area contributed by atoms with Crippen LogP contribution in [0.15, 0.2) is 51.8 Å². The van der Waals surface area contributed by atoms with Gasteiger partial charge in [0.15, 0.2) is 0 Å². The average Bonchev–Trinajstić information content (AvgIpc) is 2.32. The molecule has 1 amide bonds. The van der Waals surface area contributed by atoms with Crippen molar-refractivity contribution < 1.29 is 4.79 Å². The molecule has 2 rings (SSSR count). The average molecular weight is 249 g/mol. The van der Waals surface area contributed by atoms with E-state index >= 15 is 0 Å². The fourth-order valence-electron chi connectivity index (χ4n) is 1.21. The van der Waals surface area contributed by atoms with Crippen LogP contribution in [0.5, 0.6) is 0 Å². The van der Waals surface area contributed by atoms with E-state index in [9.17, 15) is 4.79 Å². The second kappa shape index (κ2) is 4.88. The first-order chi connectivity index (χ1) is 8.16. The number of hydrogen-bond donors (Lipinski definition) is 1. The fraction of sp³-hybridized carbons (Fsp3) is 0.0909. The van der Waals surface area contributed by atoms with Crippen LogP contribution in [0, 0.1) is 0 Å². The molecular weight excluding hydrogens is 240 g/mol. The number of hydrogen-bond acceptors (Lipinski definition) is 3. The van der Waals surface area contributed by atoms with Gasteiger partial charge in [0, 0.05) is 5.02 Å². The van der Waals surface area contributed by atoms with Crippen molar-refractivity contribution in [2.45, 2.75) is 6.54 Å². The third kappa shape index (κ3) is 2.76. The van der Waals surface area contributed by atoms with Crippen LogP contribution in [0.3, 0.4) is 0 Å². The Balaban J connectivity index is 2.12. The molecule has 17 heavy (non-hydrogen) atoms. The quantitative estimate of drug-likeness (QED) is 0.802. The van der Waals surface area contributed by atoms with Crippen LogP contribution in [0.25, 0.3) is 0 Å². The van der Waals surface area contributed by atoms with Gasteiger partial charge >= 0.3 is 0 Å². The zero-order valence-corrected chi connectivity index (χ0v) is 9.61. The molecule has 1 aliphatic rings. The Bertz CT molecular complexity index is 536. The minimum atomic E-state index is -0.391. The van der Waals surface area contributed by atoms with E-state index in [1.54, 1.807) is 6.07 Å². The van der Waals surface area contributed by atoms with Crippen molar-refractivity contribution in [3.63, 3.8) is 0 Å². The number of rotatable bonds is 2. The number of nitrogens with zero attached hydrogens (tertiary/aromatic N) is 3. The number of nitrogens with one attached hydrogen (secondary N) is 1. The largest absolute Gasteiger partial charge is 0.288 e. The lowest BCUT2D eigenvalue weighted by atomic mass is 10.2. The first-order valence-corrected chi connectivity index (χ1v) is 5.24. The molecule has 1 heterocycles. The summed E-state index contributed by atoms with van der Waals surface area (Å²) in [5.41, 5.74) is 0.928. The minimum Gasteiger partial charge on any atom is -0.288 e. The first kappa shape index (κ1) is 11.5. The third-order valence-corrected chi connectivity index (χ3v) is 2.48. The zero-order valence-electron chi connectivity index (χ0n) is 8.85. The van der Waals surface area contributed by atoms with Crippen LogP contribution < -0.4 is 5.32 Å². The van der Waals surface area contributed by atoms with Gasteiger partial charge in [0.2, 0.25) is 5.96 Å². The third-order valence-electron chi connectivity index (χ3n) is 2.11. The molecule has 0 saturated carbocycles. The molecule has 0 fully saturated rings. The maximum atomic E-state index is 11.2. The van der Waals surface area contributed by atoms with Gasteiger partial charge in [-0.1, -0.05) is 36.4 Å². The Morgan fingerprint density at radius 2 is 2.12 bits per heavy atom. The Hall–Kier alpha value is -2.01. The van der Waals surface area contributed by atoms with Crippen molar-refractivity contribution >= 4 is 23.5 Å². The van der Waals surface area contributed by atoms with Crippen LogP contribution in [0.2, 0.25) is 5.02 Å². The Labute approximate surface area is 103 Å². The molecule has 0 aliphatic carbocycles. The maximum Gasteiger partial charge on any atom is 0.277 e. The molecule has 0 spiro atoms. The SMILES string of the molecule is C=C1N=NC(=NCc2ccccc2Cl)NC1=O. The van der Waals surface area contributed by atoms with Crippen LogP contribution in [0.1, 0.15) is 5.56 Å². The van der Waals surface area contributed by atoms with Gasteiger partial charge in [-0.2, -0.15) is 0 Å². The number of amides is 1. The van der Waals surface area contributed by atoms with Crippen molar-refractivity contribution in [3.05, 3.63) is 47.1 Å². The number of halogens is 1. The predicted octanol–water partition coefficient (Wildman–Crippen LogP) is 2.29. The standard InChI is InChI=1S/C11H9ClN4O/c1-7-10(17)14-11(16-15-7)13-6-8-4-2-3-5-9(8)12/h2-5H,1,6H2,(H,13,14,17). The smallest absolute Gasteiger partial charge is 0.277 e. The first-order valence-electron chi connectivity index (χ1n) is 4.86. The van der Waals surface area contributed by atoms with Gasteiger partial charge in [-0.3, -0.25) is 10.1 Å². The van der Waals surface area contributed by atoms with Crippen molar-refractivity contribution in [1.82, 2.24) is 5.32 Å². The highest BCUT2D eigenvalue weighted by atomic mass is 35.5. The van der Waals surface area contributed by atoms with E-state index in [2.05, 4.69) is 27.1 Å². The number of carbonyl (C=O) groups is 1. The molecule has 0 saturated heterocycles. The fourth-order valence-corrected chi connectivity index (χ4v) is 1.41. The van der Waals surface area contributed by atoms with Gasteiger partial charge in [-0.25, -0.2) is 4.99 Å². The molecule has 0 unspecified atom stereocenters. The predicted molar refractivity (Wildman–Crippen MR) is 64.7 cm³/mol. The van der Waals surface area contributed by atoms with Gasteiger partial charge in [-0.05, 0) is 11.6 Å². The highest BCUT2D eigenvalue weighted by Crippen LogP contribution is 2.15. The van der Waals surface area contributed by atoms with E-state index in [4.69, 9.17) is 11.6 Å². The number of carbonyl (C=O) groups excluding carboxylic acids is 1. The molecule has 5 nitrogen and oxygen atoms in total. The molecule has 0 bridgehead atoms. The van der Waals surface area contributed by atoms with E-state index in [1.165, 1.54) is 0 Å². The topological polar surface area (TPSA) is 66.2 Å². The number of benzene rings is 1. The zero-order chi connectivity index (χ0) is 12.3. The lowest BCUT2D eigenvalue weighted by molar-refractivity contribution is -0.116. The summed E-state index contributed by atoms with van der Waals surface area (Å²) >= 11 is 5.97. The second-order valence-electron chi connectivity index (χ2n) is 3.33. The summed E-state index contributed by atoms with van der Waals surface area (Å²) in [6.07, 6.45) is 0. The van der Waals surface area contributed by atoms with Gasteiger partial charge in [-0.15, -0.1) is 10.2 Å². The number of aliphatic imine (C=N–C) groups is 1. The van der Waals surface area contributed by atoms with E-state index in [-0.39, 0.29) is 11.7 Å². The van der Waals surface area contributed by atoms with Crippen molar-refractivity contribution in [2.75, 3.05) is 0 Å². The molecule has 0 atom stereocenters. The number of azo groups is 1. The summed E-state index contributed by atoms with van der Waals surface area (Å²) in [4.78, 5) is 15.3. The van der Waals surface area contributed by atoms with E-state index in [0.29, 0.717) is 11.6 Å². The van der Waals surface area contributed by atoms with Gasteiger partial charge in [0.05, 0.1) is 6.54 Å². The van der Waals surface area contributed by atoms with Gasteiger partial charge in [0.25, 0.3) is 5.91 Å². The summed E-state index contributed by atoms with van der Waals surface area (Å²) < 4.78 is 0. The van der Waals surface area contributed by atoms with Crippen molar-refractivity contribution in [3.8, 4) is 0 Å². The van der Waals surface area contributed by atoms with Crippen LogP contribution in [0.4, 0.5) is 0 Å². The highest BCUT2D eigenvalue weighted by molar-refractivity contribution is 6.31. The van der Waals surface area contributed by atoms with Crippen molar-refractivity contribution in [2.24, 2.45) is 15.2 Å². The van der Waals surface area contributed by atoms with Crippen LogP contribution in [-0.4, -0.2) is 11.9 Å². The molecule has 86 valence electrons. The van der Waals surface area contributed by atoms with Crippen molar-refractivity contribution in [1.29, 1.82) is 0 Å². The highest BCUT2D eigenvalue weighted by Gasteiger charge is 2.14. The van der Waals surface area contributed by atoms with E-state index in [1.807, 2.05) is 18.2 Å². The molecule has 1 N–H and O–H groups in total. The van der Waals surface area contributed by atoms with Gasteiger partial charge in [0.1, 0.15) is 5.70 Å². The summed E-state index contributed by atoms with van der Waals surface area (Å²) in [6.45, 7) is 3.75. The van der Waals surface area contributed by atoms with Crippen LogP contribution in [-0.2, 0) is 11.3 Å². The molecular formula is C11H9ClN4O. The summed E-state index contributed by atoms with van der Waals surface area (Å²) in [5, 5.41) is 10.4. The second-order valence-corrected chi connectivity index (χ2v) is 3.74. The summed E-state index contributed by atoms with van der Waals surface area (Å²) in [6, 6.07) is 7.34. The van der Waals surface area contributed by atoms with Gasteiger partial charge < -0.3 is 0 Å². The molecule has 0 aromatic heterocycles. The molecule has 1 aromatic carbocycles. The lowest BCUT2D eigenvalue weighted by Crippen LogP contribution is -2.32. The normalized spacial score (nSPS) is 17.4.